The Morgan fingerprint density at radius 1 is 1.04 bits per heavy atom. The van der Waals surface area contributed by atoms with Gasteiger partial charge in [-0.25, -0.2) is 4.39 Å². The van der Waals surface area contributed by atoms with Crippen LogP contribution in [0.1, 0.15) is 24.0 Å². The largest absolute Gasteiger partial charge is 0.379 e. The summed E-state index contributed by atoms with van der Waals surface area (Å²) in [5.74, 6) is -0.150. The third kappa shape index (κ3) is 6.73. The highest BCUT2D eigenvalue weighted by Crippen LogP contribution is 2.11. The normalized spacial score (nSPS) is 15.9. The van der Waals surface area contributed by atoms with E-state index in [0.29, 0.717) is 13.0 Å². The fourth-order valence-corrected chi connectivity index (χ4v) is 3.58. The molecule has 4 nitrogen and oxygen atoms in total. The summed E-state index contributed by atoms with van der Waals surface area (Å²) in [5, 5.41) is 3.11. The number of carbonyl (C=O) groups excluding carboxylic acids is 1. The lowest BCUT2D eigenvalue weighted by Crippen LogP contribution is -2.49. The lowest BCUT2D eigenvalue weighted by Gasteiger charge is -2.34. The van der Waals surface area contributed by atoms with Crippen molar-refractivity contribution in [3.63, 3.8) is 0 Å². The molecule has 0 aliphatic carbocycles. The predicted molar refractivity (Wildman–Crippen MR) is 109 cm³/mol. The Morgan fingerprint density at radius 2 is 1.75 bits per heavy atom. The van der Waals surface area contributed by atoms with Crippen LogP contribution in [0.4, 0.5) is 4.39 Å². The van der Waals surface area contributed by atoms with Crippen LogP contribution in [0.5, 0.6) is 0 Å². The monoisotopic (exact) mass is 384 g/mol. The van der Waals surface area contributed by atoms with E-state index in [-0.39, 0.29) is 17.8 Å². The van der Waals surface area contributed by atoms with Crippen LogP contribution < -0.4 is 5.32 Å². The van der Waals surface area contributed by atoms with Gasteiger partial charge in [-0.15, -0.1) is 0 Å². The first-order valence-corrected chi connectivity index (χ1v) is 10.1. The minimum absolute atomic E-state index is 0.0773. The summed E-state index contributed by atoms with van der Waals surface area (Å²) in [6.07, 6.45) is 2.94. The zero-order chi connectivity index (χ0) is 19.6. The smallest absolute Gasteiger partial charge is 0.220 e. The van der Waals surface area contributed by atoms with E-state index in [1.807, 2.05) is 6.07 Å². The Hall–Kier alpha value is -2.24. The highest BCUT2D eigenvalue weighted by atomic mass is 19.1. The van der Waals surface area contributed by atoms with Crippen LogP contribution in [0.15, 0.2) is 54.6 Å². The molecular weight excluding hydrogens is 355 g/mol. The van der Waals surface area contributed by atoms with E-state index < -0.39 is 0 Å². The number of benzene rings is 2. The summed E-state index contributed by atoms with van der Waals surface area (Å²) in [7, 11) is 0. The lowest BCUT2D eigenvalue weighted by molar-refractivity contribution is -0.121. The van der Waals surface area contributed by atoms with Gasteiger partial charge in [0.1, 0.15) is 5.82 Å². The topological polar surface area (TPSA) is 41.6 Å². The molecule has 1 aliphatic heterocycles. The highest BCUT2D eigenvalue weighted by molar-refractivity contribution is 5.75. The van der Waals surface area contributed by atoms with Gasteiger partial charge in [-0.05, 0) is 42.5 Å². The van der Waals surface area contributed by atoms with Crippen molar-refractivity contribution in [3.8, 4) is 0 Å². The Morgan fingerprint density at radius 3 is 2.46 bits per heavy atom. The third-order valence-corrected chi connectivity index (χ3v) is 5.19. The van der Waals surface area contributed by atoms with E-state index in [2.05, 4.69) is 34.5 Å². The van der Waals surface area contributed by atoms with Gasteiger partial charge >= 0.3 is 0 Å². The third-order valence-electron chi connectivity index (χ3n) is 5.19. The molecule has 0 spiro atoms. The molecule has 3 rings (SSSR count). The number of ether oxygens (including phenoxy) is 1. The molecule has 1 unspecified atom stereocenters. The van der Waals surface area contributed by atoms with E-state index in [0.717, 1.165) is 51.1 Å². The SMILES string of the molecule is O=C(CCCc1ccc(F)cc1)NCC(Cc1ccccc1)N1CCOCC1. The molecule has 0 radical (unpaired) electrons. The number of hydrogen-bond acceptors (Lipinski definition) is 3. The van der Waals surface area contributed by atoms with Crippen molar-refractivity contribution in [1.29, 1.82) is 0 Å². The maximum Gasteiger partial charge on any atom is 0.220 e. The Kier molecular flexibility index (Phi) is 8.00. The molecule has 2 aromatic rings. The maximum absolute atomic E-state index is 12.9. The molecule has 1 aliphatic rings. The van der Waals surface area contributed by atoms with Crippen LogP contribution in [0, 0.1) is 5.82 Å². The molecule has 0 aromatic heterocycles. The molecule has 5 heteroatoms. The maximum atomic E-state index is 12.9. The molecule has 0 bridgehead atoms. The molecule has 28 heavy (non-hydrogen) atoms. The number of halogens is 1. The van der Waals surface area contributed by atoms with Gasteiger partial charge in [0.15, 0.2) is 0 Å². The Bertz CT molecular complexity index is 715. The van der Waals surface area contributed by atoms with Crippen LogP contribution in [0.2, 0.25) is 0 Å². The van der Waals surface area contributed by atoms with Gasteiger partial charge in [0.2, 0.25) is 5.91 Å². The van der Waals surface area contributed by atoms with Crippen LogP contribution in [0.3, 0.4) is 0 Å². The first-order chi connectivity index (χ1) is 13.7. The molecule has 1 saturated heterocycles. The number of hydrogen-bond donors (Lipinski definition) is 1. The zero-order valence-electron chi connectivity index (χ0n) is 16.3. The van der Waals surface area contributed by atoms with Crippen molar-refractivity contribution in [2.45, 2.75) is 31.7 Å². The summed E-state index contributed by atoms with van der Waals surface area (Å²) in [4.78, 5) is 14.7. The number of nitrogens with one attached hydrogen (secondary N) is 1. The second kappa shape index (κ2) is 10.9. The van der Waals surface area contributed by atoms with Crippen molar-refractivity contribution in [1.82, 2.24) is 10.2 Å². The zero-order valence-corrected chi connectivity index (χ0v) is 16.3. The van der Waals surface area contributed by atoms with Crippen LogP contribution in [-0.4, -0.2) is 49.7 Å². The number of nitrogens with zero attached hydrogens (tertiary/aromatic N) is 1. The van der Waals surface area contributed by atoms with Crippen molar-refractivity contribution in [2.24, 2.45) is 0 Å². The van der Waals surface area contributed by atoms with E-state index >= 15 is 0 Å². The van der Waals surface area contributed by atoms with Gasteiger partial charge in [-0.3, -0.25) is 9.69 Å². The number of carbonyl (C=O) groups is 1. The van der Waals surface area contributed by atoms with Gasteiger partial charge < -0.3 is 10.1 Å². The summed E-state index contributed by atoms with van der Waals surface area (Å²) in [5.41, 5.74) is 2.34. The minimum atomic E-state index is -0.228. The van der Waals surface area contributed by atoms with E-state index in [1.165, 1.54) is 17.7 Å². The van der Waals surface area contributed by atoms with Crippen LogP contribution >= 0.6 is 0 Å². The van der Waals surface area contributed by atoms with Gasteiger partial charge in [-0.1, -0.05) is 42.5 Å². The molecule has 150 valence electrons. The molecule has 0 saturated carbocycles. The Labute approximate surface area is 166 Å². The average Bonchev–Trinajstić information content (AvgIpc) is 2.74. The predicted octanol–water partition coefficient (Wildman–Crippen LogP) is 3.21. The van der Waals surface area contributed by atoms with Crippen LogP contribution in [0.25, 0.3) is 0 Å². The number of morpholine rings is 1. The highest BCUT2D eigenvalue weighted by Gasteiger charge is 2.21. The first kappa shape index (κ1) is 20.5. The van der Waals surface area contributed by atoms with Crippen LogP contribution in [-0.2, 0) is 22.4 Å². The summed E-state index contributed by atoms with van der Waals surface area (Å²) in [6.45, 7) is 3.94. The molecular formula is C23H29FN2O2. The second-order valence-electron chi connectivity index (χ2n) is 7.28. The first-order valence-electron chi connectivity index (χ1n) is 10.1. The molecule has 1 amide bonds. The fourth-order valence-electron chi connectivity index (χ4n) is 3.58. The molecule has 1 fully saturated rings. The van der Waals surface area contributed by atoms with E-state index in [9.17, 15) is 9.18 Å². The molecule has 2 aromatic carbocycles. The number of rotatable bonds is 9. The van der Waals surface area contributed by atoms with Gasteiger partial charge in [0, 0.05) is 32.1 Å². The molecule has 1 atom stereocenters. The lowest BCUT2D eigenvalue weighted by atomic mass is 10.0. The average molecular weight is 384 g/mol. The molecule has 1 N–H and O–H groups in total. The van der Waals surface area contributed by atoms with Crippen molar-refractivity contribution >= 4 is 5.91 Å². The second-order valence-corrected chi connectivity index (χ2v) is 7.28. The minimum Gasteiger partial charge on any atom is -0.379 e. The van der Waals surface area contributed by atoms with Gasteiger partial charge in [0.25, 0.3) is 0 Å². The van der Waals surface area contributed by atoms with Gasteiger partial charge in [-0.2, -0.15) is 0 Å². The fraction of sp³-hybridized carbons (Fsp3) is 0.435. The summed E-state index contributed by atoms with van der Waals surface area (Å²) >= 11 is 0. The summed E-state index contributed by atoms with van der Waals surface area (Å²) < 4.78 is 18.4. The standard InChI is InChI=1S/C23H29FN2O2/c24-21-11-9-19(10-12-21)7-4-8-23(27)25-18-22(26-13-15-28-16-14-26)17-20-5-2-1-3-6-20/h1-3,5-6,9-12,22H,4,7-8,13-18H2,(H,25,27). The van der Waals surface area contributed by atoms with Crippen molar-refractivity contribution in [2.75, 3.05) is 32.8 Å². The van der Waals surface area contributed by atoms with E-state index in [1.54, 1.807) is 12.1 Å². The summed E-state index contributed by atoms with van der Waals surface area (Å²) in [6, 6.07) is 17.2. The van der Waals surface area contributed by atoms with Gasteiger partial charge in [0.05, 0.1) is 13.2 Å². The Balaban J connectivity index is 1.46. The van der Waals surface area contributed by atoms with Crippen molar-refractivity contribution < 1.29 is 13.9 Å². The quantitative estimate of drug-likeness (QED) is 0.722. The number of aryl methyl sites for hydroxylation is 1. The molecule has 1 heterocycles. The number of amides is 1. The van der Waals surface area contributed by atoms with Crippen molar-refractivity contribution in [3.05, 3.63) is 71.5 Å². The van der Waals surface area contributed by atoms with E-state index in [4.69, 9.17) is 4.74 Å².